The van der Waals surface area contributed by atoms with Crippen LogP contribution in [0.5, 0.6) is 0 Å². The predicted octanol–water partition coefficient (Wildman–Crippen LogP) is 2.09. The Morgan fingerprint density at radius 3 is 2.35 bits per heavy atom. The lowest BCUT2D eigenvalue weighted by Gasteiger charge is -2.31. The molecule has 0 aromatic carbocycles. The maximum atomic E-state index is 12.7. The molecule has 1 aromatic rings. The third kappa shape index (κ3) is 3.77. The molecule has 1 fully saturated rings. The summed E-state index contributed by atoms with van der Waals surface area (Å²) in [4.78, 5) is 38.0. The molecule has 0 spiro atoms. The van der Waals surface area contributed by atoms with Crippen LogP contribution in [0.4, 0.5) is 0 Å². The summed E-state index contributed by atoms with van der Waals surface area (Å²) in [6, 6.07) is 0.0563. The van der Waals surface area contributed by atoms with Gasteiger partial charge in [-0.1, -0.05) is 0 Å². The topological polar surface area (TPSA) is 79.6 Å². The molecule has 0 atom stereocenters. The van der Waals surface area contributed by atoms with Crippen molar-refractivity contribution >= 4 is 23.6 Å². The van der Waals surface area contributed by atoms with E-state index in [0.717, 1.165) is 24.3 Å². The average Bonchev–Trinajstić information content (AvgIpc) is 2.54. The summed E-state index contributed by atoms with van der Waals surface area (Å²) in [6.07, 6.45) is 4.55. The molecule has 23 heavy (non-hydrogen) atoms. The Kier molecular flexibility index (Phi) is 5.51. The highest BCUT2D eigenvalue weighted by Gasteiger charge is 2.27. The van der Waals surface area contributed by atoms with Gasteiger partial charge in [-0.15, -0.1) is 0 Å². The number of carbonyl (C=O) groups is 2. The molecule has 0 unspecified atom stereocenters. The first-order chi connectivity index (χ1) is 10.8. The smallest absolute Gasteiger partial charge is 0.341 e. The number of thioether (sulfide) groups is 1. The molecule has 1 aliphatic rings. The van der Waals surface area contributed by atoms with E-state index in [9.17, 15) is 19.5 Å². The Balaban J connectivity index is 2.42. The zero-order valence-corrected chi connectivity index (χ0v) is 14.4. The summed E-state index contributed by atoms with van der Waals surface area (Å²) in [7, 11) is 1.69. The van der Waals surface area contributed by atoms with Gasteiger partial charge in [-0.25, -0.2) is 4.79 Å². The number of carbonyl (C=O) groups excluding carboxylic acids is 1. The van der Waals surface area contributed by atoms with Crippen molar-refractivity contribution in [3.8, 4) is 0 Å². The maximum Gasteiger partial charge on any atom is 0.341 e. The number of pyridine rings is 1. The van der Waals surface area contributed by atoms with Gasteiger partial charge < -0.3 is 14.6 Å². The van der Waals surface area contributed by atoms with Crippen molar-refractivity contribution in [1.82, 2.24) is 9.47 Å². The molecule has 1 aliphatic heterocycles. The molecule has 6 nitrogen and oxygen atoms in total. The fourth-order valence-electron chi connectivity index (χ4n) is 2.63. The molecule has 0 bridgehead atoms. The molecule has 1 saturated heterocycles. The lowest BCUT2D eigenvalue weighted by Crippen LogP contribution is -2.42. The van der Waals surface area contributed by atoms with Gasteiger partial charge in [0.25, 0.3) is 5.91 Å². The van der Waals surface area contributed by atoms with Crippen LogP contribution in [0.2, 0.25) is 0 Å². The van der Waals surface area contributed by atoms with Gasteiger partial charge in [0.2, 0.25) is 5.43 Å². The van der Waals surface area contributed by atoms with Crippen LogP contribution in [-0.2, 0) is 0 Å². The van der Waals surface area contributed by atoms with E-state index in [2.05, 4.69) is 0 Å². The second-order valence-electron chi connectivity index (χ2n) is 6.02. The van der Waals surface area contributed by atoms with E-state index in [0.29, 0.717) is 0 Å². The van der Waals surface area contributed by atoms with E-state index in [1.165, 1.54) is 12.4 Å². The van der Waals surface area contributed by atoms with Gasteiger partial charge in [0.15, 0.2) is 0 Å². The quantitative estimate of drug-likeness (QED) is 0.909. The molecule has 2 rings (SSSR count). The highest BCUT2D eigenvalue weighted by atomic mass is 32.2. The maximum absolute atomic E-state index is 12.7. The molecule has 126 valence electrons. The van der Waals surface area contributed by atoms with Gasteiger partial charge in [-0.3, -0.25) is 9.59 Å². The van der Waals surface area contributed by atoms with Gasteiger partial charge in [-0.2, -0.15) is 11.8 Å². The van der Waals surface area contributed by atoms with Crippen LogP contribution in [0, 0.1) is 0 Å². The van der Waals surface area contributed by atoms with Gasteiger partial charge in [-0.05, 0) is 38.2 Å². The first-order valence-corrected chi connectivity index (χ1v) is 8.82. The summed E-state index contributed by atoms with van der Waals surface area (Å²) in [5.74, 6) is 0.279. The number of rotatable bonds is 4. The minimum Gasteiger partial charge on any atom is -0.477 e. The van der Waals surface area contributed by atoms with Crippen LogP contribution < -0.4 is 5.43 Å². The number of hydrogen-bond acceptors (Lipinski definition) is 4. The van der Waals surface area contributed by atoms with E-state index in [4.69, 9.17) is 0 Å². The molecule has 7 heteroatoms. The van der Waals surface area contributed by atoms with E-state index in [1.54, 1.807) is 16.5 Å². The van der Waals surface area contributed by atoms with E-state index in [-0.39, 0.29) is 23.2 Å². The van der Waals surface area contributed by atoms with Gasteiger partial charge >= 0.3 is 5.97 Å². The first kappa shape index (κ1) is 17.6. The van der Waals surface area contributed by atoms with Gasteiger partial charge in [0.1, 0.15) is 11.1 Å². The second kappa shape index (κ2) is 7.21. The minimum atomic E-state index is -1.31. The zero-order valence-electron chi connectivity index (χ0n) is 13.6. The summed E-state index contributed by atoms with van der Waals surface area (Å²) >= 11 is 1.86. The van der Waals surface area contributed by atoms with Crippen LogP contribution >= 0.6 is 11.8 Å². The summed E-state index contributed by atoms with van der Waals surface area (Å²) in [6.45, 7) is 3.73. The molecule has 0 saturated carbocycles. The fourth-order valence-corrected chi connectivity index (χ4v) is 3.71. The summed E-state index contributed by atoms with van der Waals surface area (Å²) in [5, 5.41) is 9.22. The van der Waals surface area contributed by atoms with Crippen molar-refractivity contribution in [3.05, 3.63) is 33.7 Å². The van der Waals surface area contributed by atoms with Crippen LogP contribution in [-0.4, -0.2) is 51.0 Å². The largest absolute Gasteiger partial charge is 0.477 e. The van der Waals surface area contributed by atoms with Crippen molar-refractivity contribution in [1.29, 1.82) is 0 Å². The van der Waals surface area contributed by atoms with Crippen molar-refractivity contribution < 1.29 is 14.7 Å². The molecular formula is C16H22N2O4S. The Bertz CT molecular complexity index is 663. The highest BCUT2D eigenvalue weighted by molar-refractivity contribution is 7.99. The lowest BCUT2D eigenvalue weighted by molar-refractivity contribution is 0.0694. The minimum absolute atomic E-state index is 0.0448. The normalized spacial score (nSPS) is 15.7. The van der Waals surface area contributed by atoms with E-state index >= 15 is 0 Å². The SMILES string of the molecule is CC(C)n1cc(C(=O)O)c(=O)c(C(=O)N(C)C2CCSCC2)c1. The van der Waals surface area contributed by atoms with Crippen molar-refractivity contribution in [2.75, 3.05) is 18.6 Å². The van der Waals surface area contributed by atoms with E-state index in [1.807, 2.05) is 25.6 Å². The number of carboxylic acid groups (broad SMARTS) is 1. The summed E-state index contributed by atoms with van der Waals surface area (Å²) in [5.41, 5.74) is -1.15. The van der Waals surface area contributed by atoms with Crippen LogP contribution in [0.1, 0.15) is 53.4 Å². The molecule has 1 amide bonds. The van der Waals surface area contributed by atoms with Crippen molar-refractivity contribution in [3.63, 3.8) is 0 Å². The lowest BCUT2D eigenvalue weighted by atomic mass is 10.1. The van der Waals surface area contributed by atoms with Crippen LogP contribution in [0.25, 0.3) is 0 Å². The number of carboxylic acids is 1. The van der Waals surface area contributed by atoms with Crippen molar-refractivity contribution in [2.24, 2.45) is 0 Å². The Morgan fingerprint density at radius 2 is 1.83 bits per heavy atom. The van der Waals surface area contributed by atoms with Crippen LogP contribution in [0.15, 0.2) is 17.2 Å². The zero-order chi connectivity index (χ0) is 17.1. The third-order valence-corrected chi connectivity index (χ3v) is 5.21. The Labute approximate surface area is 139 Å². The molecular weight excluding hydrogens is 316 g/mol. The number of nitrogens with zero attached hydrogens (tertiary/aromatic N) is 2. The standard InChI is InChI=1S/C16H22N2O4S/c1-10(2)18-8-12(14(19)13(9-18)16(21)22)15(20)17(3)11-4-6-23-7-5-11/h8-11H,4-7H2,1-3H3,(H,21,22). The molecule has 1 N–H and O–H groups in total. The number of hydrogen-bond donors (Lipinski definition) is 1. The average molecular weight is 338 g/mol. The number of aromatic nitrogens is 1. The molecule has 0 radical (unpaired) electrons. The number of aromatic carboxylic acids is 1. The Hall–Kier alpha value is -1.76. The van der Waals surface area contributed by atoms with Gasteiger partial charge in [0.05, 0.1) is 0 Å². The van der Waals surface area contributed by atoms with Gasteiger partial charge in [0, 0.05) is 31.5 Å². The molecule has 2 heterocycles. The first-order valence-electron chi connectivity index (χ1n) is 7.67. The molecule has 0 aliphatic carbocycles. The highest BCUT2D eigenvalue weighted by Crippen LogP contribution is 2.22. The Morgan fingerprint density at radius 1 is 1.26 bits per heavy atom. The second-order valence-corrected chi connectivity index (χ2v) is 7.25. The fraction of sp³-hybridized carbons (Fsp3) is 0.562. The third-order valence-electron chi connectivity index (χ3n) is 4.16. The number of amides is 1. The van der Waals surface area contributed by atoms with Crippen LogP contribution in [0.3, 0.4) is 0 Å². The summed E-state index contributed by atoms with van der Waals surface area (Å²) < 4.78 is 1.60. The predicted molar refractivity (Wildman–Crippen MR) is 90.5 cm³/mol. The van der Waals surface area contributed by atoms with Crippen molar-refractivity contribution in [2.45, 2.75) is 38.8 Å². The monoisotopic (exact) mass is 338 g/mol. The molecule has 1 aromatic heterocycles. The van der Waals surface area contributed by atoms with E-state index < -0.39 is 17.3 Å².